The lowest BCUT2D eigenvalue weighted by Crippen LogP contribution is -2.28. The fourth-order valence-corrected chi connectivity index (χ4v) is 7.79. The van der Waals surface area contributed by atoms with Crippen molar-refractivity contribution in [3.8, 4) is 0 Å². The highest BCUT2D eigenvalue weighted by atomic mass is 16.5. The number of hydrogen-bond acceptors (Lipinski definition) is 2. The molecule has 3 nitrogen and oxygen atoms in total. The molecule has 2 aliphatic rings. The monoisotopic (exact) mass is 597 g/mol. The zero-order valence-corrected chi connectivity index (χ0v) is 28.1. The van der Waals surface area contributed by atoms with Crippen LogP contribution in [0.5, 0.6) is 0 Å². The van der Waals surface area contributed by atoms with Crippen LogP contribution < -0.4 is 4.90 Å². The molecule has 0 amide bonds. The third kappa shape index (κ3) is 5.57. The van der Waals surface area contributed by atoms with Crippen LogP contribution in [0.25, 0.3) is 21.5 Å². The van der Waals surface area contributed by atoms with Crippen molar-refractivity contribution in [1.29, 1.82) is 0 Å². The van der Waals surface area contributed by atoms with Gasteiger partial charge in [-0.25, -0.2) is 0 Å². The lowest BCUT2D eigenvalue weighted by atomic mass is 9.79. The van der Waals surface area contributed by atoms with Crippen molar-refractivity contribution in [2.45, 2.75) is 71.1 Å². The molecule has 0 bridgehead atoms. The topological polar surface area (TPSA) is 15.5 Å². The Bertz CT molecular complexity index is 1830. The van der Waals surface area contributed by atoms with Crippen LogP contribution in [0.4, 0.5) is 11.4 Å². The maximum absolute atomic E-state index is 5.54. The molecule has 0 saturated carbocycles. The minimum atomic E-state index is -0.127. The number of ether oxygens (including phenoxy) is 1. The minimum absolute atomic E-state index is 0.0865. The van der Waals surface area contributed by atoms with Gasteiger partial charge in [0.2, 0.25) is 5.69 Å². The molecule has 0 saturated heterocycles. The second kappa shape index (κ2) is 12.8. The van der Waals surface area contributed by atoms with Gasteiger partial charge in [0.1, 0.15) is 6.54 Å². The summed E-state index contributed by atoms with van der Waals surface area (Å²) in [4.78, 5) is 2.45. The molecule has 4 aromatic rings. The first kappa shape index (κ1) is 31.0. The first-order chi connectivity index (χ1) is 21.8. The van der Waals surface area contributed by atoms with E-state index in [1.54, 1.807) is 7.11 Å². The van der Waals surface area contributed by atoms with Gasteiger partial charge in [-0.3, -0.25) is 0 Å². The summed E-state index contributed by atoms with van der Waals surface area (Å²) in [5.41, 5.74) is 7.98. The summed E-state index contributed by atoms with van der Waals surface area (Å²) < 4.78 is 8.13. The van der Waals surface area contributed by atoms with E-state index in [1.165, 1.54) is 81.1 Å². The molecule has 0 atom stereocenters. The summed E-state index contributed by atoms with van der Waals surface area (Å²) in [6.07, 6.45) is 16.4. The Labute approximate surface area is 270 Å². The third-order valence-electron chi connectivity index (χ3n) is 9.99. The number of fused-ring (bicyclic) bond motifs is 6. The number of rotatable bonds is 11. The molecule has 45 heavy (non-hydrogen) atoms. The maximum atomic E-state index is 5.54. The summed E-state index contributed by atoms with van der Waals surface area (Å²) in [7, 11) is 1.78. The van der Waals surface area contributed by atoms with Crippen LogP contribution in [-0.2, 0) is 15.6 Å². The summed E-state index contributed by atoms with van der Waals surface area (Å²) in [6.45, 7) is 14.3. The molecule has 0 fully saturated rings. The van der Waals surface area contributed by atoms with Gasteiger partial charge in [0.25, 0.3) is 0 Å². The van der Waals surface area contributed by atoms with Gasteiger partial charge in [-0.05, 0) is 65.6 Å². The Hall–Kier alpha value is -3.95. The van der Waals surface area contributed by atoms with Crippen LogP contribution >= 0.6 is 0 Å². The molecule has 0 spiro atoms. The predicted octanol–water partition coefficient (Wildman–Crippen LogP) is 10.4. The van der Waals surface area contributed by atoms with E-state index in [0.717, 1.165) is 13.1 Å². The van der Waals surface area contributed by atoms with Gasteiger partial charge in [0.15, 0.2) is 5.71 Å². The van der Waals surface area contributed by atoms with Crippen molar-refractivity contribution in [1.82, 2.24) is 0 Å². The molecule has 4 aromatic carbocycles. The Kier molecular flexibility index (Phi) is 8.84. The van der Waals surface area contributed by atoms with E-state index in [4.69, 9.17) is 4.74 Å². The molecular formula is C42H49N2O+. The number of allylic oxidation sites excluding steroid dienone is 6. The first-order valence-corrected chi connectivity index (χ1v) is 16.8. The van der Waals surface area contributed by atoms with Crippen molar-refractivity contribution in [3.63, 3.8) is 0 Å². The highest BCUT2D eigenvalue weighted by Gasteiger charge is 2.45. The van der Waals surface area contributed by atoms with Gasteiger partial charge in [-0.2, -0.15) is 4.58 Å². The second-order valence-corrected chi connectivity index (χ2v) is 13.6. The van der Waals surface area contributed by atoms with Crippen LogP contribution in [0.3, 0.4) is 0 Å². The van der Waals surface area contributed by atoms with Crippen molar-refractivity contribution in [2.24, 2.45) is 0 Å². The van der Waals surface area contributed by atoms with Gasteiger partial charge in [-0.15, -0.1) is 0 Å². The number of nitrogens with zero attached hydrogens (tertiary/aromatic N) is 2. The summed E-state index contributed by atoms with van der Waals surface area (Å²) in [6, 6.07) is 26.8. The quantitative estimate of drug-likeness (QED) is 0.0971. The molecule has 0 N–H and O–H groups in total. The molecule has 0 aromatic heterocycles. The molecule has 3 heteroatoms. The minimum Gasteiger partial charge on any atom is -0.383 e. The van der Waals surface area contributed by atoms with E-state index < -0.39 is 0 Å². The van der Waals surface area contributed by atoms with Gasteiger partial charge < -0.3 is 9.64 Å². The van der Waals surface area contributed by atoms with Crippen molar-refractivity contribution < 1.29 is 9.31 Å². The Balaban J connectivity index is 1.34. The summed E-state index contributed by atoms with van der Waals surface area (Å²) in [5.74, 6) is 0. The van der Waals surface area contributed by atoms with Crippen molar-refractivity contribution in [3.05, 3.63) is 120 Å². The molecule has 0 unspecified atom stereocenters. The maximum Gasteiger partial charge on any atom is 0.210 e. The van der Waals surface area contributed by atoms with E-state index >= 15 is 0 Å². The number of anilines is 1. The zero-order chi connectivity index (χ0) is 31.6. The van der Waals surface area contributed by atoms with Crippen LogP contribution in [-0.4, -0.2) is 37.1 Å². The van der Waals surface area contributed by atoms with Crippen LogP contribution in [0.15, 0.2) is 109 Å². The van der Waals surface area contributed by atoms with E-state index in [1.807, 2.05) is 0 Å². The summed E-state index contributed by atoms with van der Waals surface area (Å²) in [5, 5.41) is 5.31. The highest BCUT2D eigenvalue weighted by Crippen LogP contribution is 2.50. The largest absolute Gasteiger partial charge is 0.383 e. The molecule has 2 aliphatic heterocycles. The lowest BCUT2D eigenvalue weighted by Gasteiger charge is -2.26. The lowest BCUT2D eigenvalue weighted by molar-refractivity contribution is -0.438. The summed E-state index contributed by atoms with van der Waals surface area (Å²) >= 11 is 0. The molecular weight excluding hydrogens is 548 g/mol. The SMILES string of the molecule is CCCCCC[N+]1=C(/C=C/C=C/C=C2/N(CCOC)c3ccc4ccccc4c3C2(C)C)C(C)(C)c2c1ccc1ccccc21. The Morgan fingerprint density at radius 2 is 1.42 bits per heavy atom. The predicted molar refractivity (Wildman–Crippen MR) is 193 cm³/mol. The number of unbranched alkanes of at least 4 members (excludes halogenated alkanes) is 3. The van der Waals surface area contributed by atoms with E-state index in [2.05, 4.69) is 147 Å². The number of methoxy groups -OCH3 is 1. The van der Waals surface area contributed by atoms with Crippen LogP contribution in [0.2, 0.25) is 0 Å². The third-order valence-corrected chi connectivity index (χ3v) is 9.99. The molecule has 0 radical (unpaired) electrons. The van der Waals surface area contributed by atoms with E-state index in [9.17, 15) is 0 Å². The van der Waals surface area contributed by atoms with Crippen LogP contribution in [0.1, 0.15) is 71.4 Å². The number of benzene rings is 4. The molecule has 232 valence electrons. The van der Waals surface area contributed by atoms with Gasteiger partial charge in [-0.1, -0.05) is 106 Å². The van der Waals surface area contributed by atoms with Crippen molar-refractivity contribution >= 4 is 38.6 Å². The standard InChI is InChI=1S/C42H49N2O/c1-7-8-9-17-28-43-35-26-24-31-18-13-15-20-33(31)39(35)41(2,3)37(43)22-11-10-12-23-38-42(4,5)40-34-21-16-14-19-32(34)25-27-36(40)44(38)29-30-45-6/h10-16,18-27H,7-9,17,28-30H2,1-6H3/q+1. The normalized spacial score (nSPS) is 17.9. The second-order valence-electron chi connectivity index (χ2n) is 13.6. The fraction of sp³-hybridized carbons (Fsp3) is 0.357. The van der Waals surface area contributed by atoms with E-state index in [-0.39, 0.29) is 10.8 Å². The molecule has 6 rings (SSSR count). The van der Waals surface area contributed by atoms with Crippen LogP contribution in [0, 0.1) is 0 Å². The van der Waals surface area contributed by atoms with Gasteiger partial charge in [0, 0.05) is 54.6 Å². The molecule has 2 heterocycles. The van der Waals surface area contributed by atoms with Gasteiger partial charge in [0.05, 0.1) is 12.0 Å². The Morgan fingerprint density at radius 3 is 2.13 bits per heavy atom. The smallest absolute Gasteiger partial charge is 0.210 e. The van der Waals surface area contributed by atoms with Gasteiger partial charge >= 0.3 is 0 Å². The fourth-order valence-electron chi connectivity index (χ4n) is 7.79. The average Bonchev–Trinajstić information content (AvgIpc) is 3.40. The van der Waals surface area contributed by atoms with E-state index in [0.29, 0.717) is 6.61 Å². The number of hydrogen-bond donors (Lipinski definition) is 0. The first-order valence-electron chi connectivity index (χ1n) is 16.8. The Morgan fingerprint density at radius 1 is 0.733 bits per heavy atom. The zero-order valence-electron chi connectivity index (χ0n) is 28.1. The average molecular weight is 598 g/mol. The highest BCUT2D eigenvalue weighted by molar-refractivity contribution is 6.07. The molecule has 0 aliphatic carbocycles. The van der Waals surface area contributed by atoms with Crippen molar-refractivity contribution in [2.75, 3.05) is 31.7 Å².